The van der Waals surface area contributed by atoms with Crippen LogP contribution >= 0.6 is 0 Å². The van der Waals surface area contributed by atoms with Crippen molar-refractivity contribution in [3.63, 3.8) is 0 Å². The summed E-state index contributed by atoms with van der Waals surface area (Å²) < 4.78 is 5.12. The molecular weight excluding hydrogens is 200 g/mol. The minimum atomic E-state index is 0.217. The monoisotopic (exact) mass is 222 g/mol. The lowest BCUT2D eigenvalue weighted by molar-refractivity contribution is 0.202. The van der Waals surface area contributed by atoms with Gasteiger partial charge in [0.25, 0.3) is 0 Å². The van der Waals surface area contributed by atoms with E-state index < -0.39 is 0 Å². The van der Waals surface area contributed by atoms with Crippen LogP contribution in [-0.4, -0.2) is 18.8 Å². The molecule has 0 unspecified atom stereocenters. The second-order valence-corrected chi connectivity index (χ2v) is 4.99. The second-order valence-electron chi connectivity index (χ2n) is 4.99. The number of rotatable bonds is 6. The molecule has 0 saturated heterocycles. The predicted molar refractivity (Wildman–Crippen MR) is 66.8 cm³/mol. The van der Waals surface area contributed by atoms with Crippen LogP contribution in [-0.2, 0) is 6.42 Å². The molecule has 1 rings (SSSR count). The fraction of sp³-hybridized carbons (Fsp3) is 0.571. The van der Waals surface area contributed by atoms with Crippen molar-refractivity contribution in [3.8, 4) is 5.75 Å². The Hall–Kier alpha value is -1.02. The van der Waals surface area contributed by atoms with E-state index in [1.54, 1.807) is 7.11 Å². The van der Waals surface area contributed by atoms with Gasteiger partial charge in [0, 0.05) is 6.61 Å². The SMILES string of the molecule is COc1ccc(CCC(C)(C)CCO)cc1. The largest absolute Gasteiger partial charge is 0.497 e. The minimum Gasteiger partial charge on any atom is -0.497 e. The van der Waals surface area contributed by atoms with Crippen molar-refractivity contribution in [1.82, 2.24) is 0 Å². The number of aliphatic hydroxyl groups excluding tert-OH is 1. The first kappa shape index (κ1) is 13.0. The third-order valence-electron chi connectivity index (χ3n) is 3.04. The summed E-state index contributed by atoms with van der Waals surface area (Å²) in [5.41, 5.74) is 1.54. The van der Waals surface area contributed by atoms with Crippen LogP contribution in [0.25, 0.3) is 0 Å². The Morgan fingerprint density at radius 2 is 1.75 bits per heavy atom. The fourth-order valence-electron chi connectivity index (χ4n) is 1.70. The third kappa shape index (κ3) is 4.23. The zero-order valence-electron chi connectivity index (χ0n) is 10.5. The normalized spacial score (nSPS) is 11.5. The number of hydrogen-bond donors (Lipinski definition) is 1. The topological polar surface area (TPSA) is 29.5 Å². The molecule has 1 N–H and O–H groups in total. The Labute approximate surface area is 98.3 Å². The molecule has 90 valence electrons. The molecule has 1 aromatic rings. The van der Waals surface area contributed by atoms with E-state index in [9.17, 15) is 0 Å². The Bertz CT molecular complexity index is 301. The molecule has 0 atom stereocenters. The van der Waals surface area contributed by atoms with Gasteiger partial charge in [0.1, 0.15) is 5.75 Å². The molecule has 16 heavy (non-hydrogen) atoms. The molecule has 0 bridgehead atoms. The molecule has 0 spiro atoms. The van der Waals surface area contributed by atoms with Gasteiger partial charge in [-0.15, -0.1) is 0 Å². The number of aryl methyl sites for hydroxylation is 1. The van der Waals surface area contributed by atoms with E-state index in [4.69, 9.17) is 9.84 Å². The summed E-state index contributed by atoms with van der Waals surface area (Å²) in [7, 11) is 1.68. The number of aliphatic hydroxyl groups is 1. The van der Waals surface area contributed by atoms with E-state index >= 15 is 0 Å². The van der Waals surface area contributed by atoms with E-state index in [-0.39, 0.29) is 12.0 Å². The summed E-state index contributed by atoms with van der Waals surface area (Å²) in [4.78, 5) is 0. The van der Waals surface area contributed by atoms with Crippen LogP contribution in [0.15, 0.2) is 24.3 Å². The third-order valence-corrected chi connectivity index (χ3v) is 3.04. The number of hydrogen-bond acceptors (Lipinski definition) is 2. The van der Waals surface area contributed by atoms with Crippen LogP contribution in [0.4, 0.5) is 0 Å². The molecule has 0 aliphatic carbocycles. The average Bonchev–Trinajstić information content (AvgIpc) is 2.27. The van der Waals surface area contributed by atoms with Crippen LogP contribution in [0.2, 0.25) is 0 Å². The molecule has 0 heterocycles. The first-order valence-corrected chi connectivity index (χ1v) is 5.81. The Kier molecular flexibility index (Phi) is 4.81. The van der Waals surface area contributed by atoms with Crippen LogP contribution in [0, 0.1) is 5.41 Å². The molecule has 0 radical (unpaired) electrons. The summed E-state index contributed by atoms with van der Waals surface area (Å²) in [6.45, 7) is 4.68. The van der Waals surface area contributed by atoms with E-state index in [0.717, 1.165) is 25.0 Å². The van der Waals surface area contributed by atoms with Gasteiger partial charge >= 0.3 is 0 Å². The molecule has 2 nitrogen and oxygen atoms in total. The fourth-order valence-corrected chi connectivity index (χ4v) is 1.70. The van der Waals surface area contributed by atoms with Gasteiger partial charge in [-0.1, -0.05) is 26.0 Å². The Morgan fingerprint density at radius 1 is 1.12 bits per heavy atom. The highest BCUT2D eigenvalue weighted by Gasteiger charge is 2.16. The van der Waals surface area contributed by atoms with Crippen molar-refractivity contribution >= 4 is 0 Å². The lowest BCUT2D eigenvalue weighted by Crippen LogP contribution is -2.14. The molecular formula is C14H22O2. The summed E-state index contributed by atoms with van der Waals surface area (Å²) in [5, 5.41) is 8.95. The maximum atomic E-state index is 8.95. The standard InChI is InChI=1S/C14H22O2/c1-14(2,10-11-15)9-8-12-4-6-13(16-3)7-5-12/h4-7,15H,8-11H2,1-3H3. The zero-order chi connectivity index (χ0) is 12.0. The van der Waals surface area contributed by atoms with Gasteiger partial charge in [0.2, 0.25) is 0 Å². The van der Waals surface area contributed by atoms with Crippen LogP contribution in [0.1, 0.15) is 32.3 Å². The smallest absolute Gasteiger partial charge is 0.118 e. The van der Waals surface area contributed by atoms with Crippen molar-refractivity contribution in [2.75, 3.05) is 13.7 Å². The summed E-state index contributed by atoms with van der Waals surface area (Å²) in [5.74, 6) is 0.901. The van der Waals surface area contributed by atoms with E-state index in [1.165, 1.54) is 5.56 Å². The number of ether oxygens (including phenoxy) is 1. The molecule has 1 aromatic carbocycles. The Morgan fingerprint density at radius 3 is 2.25 bits per heavy atom. The van der Waals surface area contributed by atoms with Crippen molar-refractivity contribution < 1.29 is 9.84 Å². The van der Waals surface area contributed by atoms with Gasteiger partial charge < -0.3 is 9.84 Å². The lowest BCUT2D eigenvalue weighted by atomic mass is 9.83. The van der Waals surface area contributed by atoms with Crippen LogP contribution in [0.3, 0.4) is 0 Å². The highest BCUT2D eigenvalue weighted by atomic mass is 16.5. The zero-order valence-corrected chi connectivity index (χ0v) is 10.5. The highest BCUT2D eigenvalue weighted by molar-refractivity contribution is 5.27. The lowest BCUT2D eigenvalue weighted by Gasteiger charge is -2.23. The van der Waals surface area contributed by atoms with Gasteiger partial charge in [-0.3, -0.25) is 0 Å². The molecule has 2 heteroatoms. The summed E-state index contributed by atoms with van der Waals surface area (Å²) >= 11 is 0. The summed E-state index contributed by atoms with van der Waals surface area (Å²) in [6, 6.07) is 8.20. The van der Waals surface area contributed by atoms with E-state index in [1.807, 2.05) is 12.1 Å². The van der Waals surface area contributed by atoms with Gasteiger partial charge in [-0.05, 0) is 42.4 Å². The molecule has 0 aliphatic heterocycles. The van der Waals surface area contributed by atoms with Crippen molar-refractivity contribution in [3.05, 3.63) is 29.8 Å². The first-order valence-electron chi connectivity index (χ1n) is 5.81. The number of methoxy groups -OCH3 is 1. The number of benzene rings is 1. The average molecular weight is 222 g/mol. The minimum absolute atomic E-state index is 0.217. The Balaban J connectivity index is 2.48. The maximum Gasteiger partial charge on any atom is 0.118 e. The predicted octanol–water partition coefficient (Wildman–Crippen LogP) is 3.04. The van der Waals surface area contributed by atoms with Gasteiger partial charge in [-0.25, -0.2) is 0 Å². The second kappa shape index (κ2) is 5.90. The van der Waals surface area contributed by atoms with Crippen molar-refractivity contribution in [2.45, 2.75) is 33.1 Å². The van der Waals surface area contributed by atoms with Crippen molar-refractivity contribution in [2.24, 2.45) is 5.41 Å². The van der Waals surface area contributed by atoms with Crippen LogP contribution < -0.4 is 4.74 Å². The van der Waals surface area contributed by atoms with Gasteiger partial charge in [0.05, 0.1) is 7.11 Å². The molecule has 0 amide bonds. The maximum absolute atomic E-state index is 8.95. The van der Waals surface area contributed by atoms with Gasteiger partial charge in [0.15, 0.2) is 0 Å². The quantitative estimate of drug-likeness (QED) is 0.801. The van der Waals surface area contributed by atoms with Crippen LogP contribution in [0.5, 0.6) is 5.75 Å². The first-order chi connectivity index (χ1) is 7.57. The van der Waals surface area contributed by atoms with Gasteiger partial charge in [-0.2, -0.15) is 0 Å². The molecule has 0 aliphatic rings. The van der Waals surface area contributed by atoms with Crippen molar-refractivity contribution in [1.29, 1.82) is 0 Å². The highest BCUT2D eigenvalue weighted by Crippen LogP contribution is 2.26. The molecule has 0 aromatic heterocycles. The van der Waals surface area contributed by atoms with E-state index in [0.29, 0.717) is 0 Å². The molecule has 0 fully saturated rings. The van der Waals surface area contributed by atoms with E-state index in [2.05, 4.69) is 26.0 Å². The summed E-state index contributed by atoms with van der Waals surface area (Å²) in [6.07, 6.45) is 3.01. The molecule has 0 saturated carbocycles.